The van der Waals surface area contributed by atoms with Crippen LogP contribution in [-0.2, 0) is 6.54 Å². The second kappa shape index (κ2) is 13.0. The third-order valence-corrected chi connectivity index (χ3v) is 4.56. The second-order valence-corrected chi connectivity index (χ2v) is 6.70. The van der Waals surface area contributed by atoms with Crippen molar-refractivity contribution in [2.45, 2.75) is 45.7 Å². The third-order valence-electron chi connectivity index (χ3n) is 4.56. The lowest BCUT2D eigenvalue weighted by atomic mass is 10.2. The molecule has 0 bridgehead atoms. The van der Waals surface area contributed by atoms with Gasteiger partial charge in [0.2, 0.25) is 0 Å². The van der Waals surface area contributed by atoms with Crippen molar-refractivity contribution in [1.29, 1.82) is 0 Å². The van der Waals surface area contributed by atoms with E-state index in [1.807, 2.05) is 6.07 Å². The van der Waals surface area contributed by atoms with Gasteiger partial charge in [0.05, 0.1) is 14.2 Å². The molecule has 2 rings (SSSR count). The van der Waals surface area contributed by atoms with Crippen molar-refractivity contribution >= 4 is 29.9 Å². The number of guanidine groups is 1. The van der Waals surface area contributed by atoms with Gasteiger partial charge in [0, 0.05) is 44.8 Å². The van der Waals surface area contributed by atoms with Gasteiger partial charge in [-0.05, 0) is 37.5 Å². The lowest BCUT2D eigenvalue weighted by Gasteiger charge is -2.19. The number of likely N-dealkylation sites (tertiary alicyclic amines) is 1. The van der Waals surface area contributed by atoms with Crippen molar-refractivity contribution in [2.75, 3.05) is 40.4 Å². The van der Waals surface area contributed by atoms with Crippen molar-refractivity contribution in [3.05, 3.63) is 23.8 Å². The van der Waals surface area contributed by atoms with E-state index in [1.165, 1.54) is 12.0 Å². The molecule has 2 N–H and O–H groups in total. The summed E-state index contributed by atoms with van der Waals surface area (Å²) in [6.45, 7) is 9.05. The zero-order valence-electron chi connectivity index (χ0n) is 17.1. The van der Waals surface area contributed by atoms with E-state index in [4.69, 9.17) is 9.47 Å². The van der Waals surface area contributed by atoms with E-state index >= 15 is 0 Å². The van der Waals surface area contributed by atoms with E-state index in [9.17, 15) is 0 Å². The minimum atomic E-state index is 0. The number of hydrogen-bond donors (Lipinski definition) is 2. The first-order valence-electron chi connectivity index (χ1n) is 9.67. The number of ether oxygens (including phenoxy) is 2. The molecule has 1 aliphatic heterocycles. The Labute approximate surface area is 181 Å². The van der Waals surface area contributed by atoms with Gasteiger partial charge in [-0.1, -0.05) is 13.3 Å². The van der Waals surface area contributed by atoms with Gasteiger partial charge in [0.1, 0.15) is 11.5 Å². The fourth-order valence-corrected chi connectivity index (χ4v) is 3.17. The Morgan fingerprint density at radius 2 is 1.89 bits per heavy atom. The molecule has 1 unspecified atom stereocenters. The normalized spacial score (nSPS) is 17.3. The molecule has 154 valence electrons. The van der Waals surface area contributed by atoms with Crippen LogP contribution in [0.3, 0.4) is 0 Å². The van der Waals surface area contributed by atoms with Gasteiger partial charge in [0.15, 0.2) is 5.96 Å². The third kappa shape index (κ3) is 8.13. The Morgan fingerprint density at radius 1 is 1.19 bits per heavy atom. The average Bonchev–Trinajstić information content (AvgIpc) is 3.08. The molecular weight excluding hydrogens is 455 g/mol. The first-order valence-corrected chi connectivity index (χ1v) is 9.67. The van der Waals surface area contributed by atoms with Crippen molar-refractivity contribution in [3.63, 3.8) is 0 Å². The number of rotatable bonds is 9. The van der Waals surface area contributed by atoms with E-state index in [0.29, 0.717) is 6.04 Å². The Morgan fingerprint density at radius 3 is 2.48 bits per heavy atom. The fourth-order valence-electron chi connectivity index (χ4n) is 3.17. The zero-order chi connectivity index (χ0) is 18.8. The average molecular weight is 490 g/mol. The maximum Gasteiger partial charge on any atom is 0.191 e. The molecule has 1 aliphatic rings. The molecule has 27 heavy (non-hydrogen) atoms. The van der Waals surface area contributed by atoms with E-state index in [-0.39, 0.29) is 24.0 Å². The summed E-state index contributed by atoms with van der Waals surface area (Å²) in [6, 6.07) is 6.51. The summed E-state index contributed by atoms with van der Waals surface area (Å²) in [6.07, 6.45) is 3.43. The molecule has 6 nitrogen and oxygen atoms in total. The summed E-state index contributed by atoms with van der Waals surface area (Å²) < 4.78 is 10.7. The molecule has 0 saturated carbocycles. The molecule has 1 saturated heterocycles. The summed E-state index contributed by atoms with van der Waals surface area (Å²) in [7, 11) is 3.38. The van der Waals surface area contributed by atoms with Crippen LogP contribution >= 0.6 is 24.0 Å². The van der Waals surface area contributed by atoms with Crippen molar-refractivity contribution < 1.29 is 9.47 Å². The number of unbranched alkanes of at least 4 members (excludes halogenated alkanes) is 1. The van der Waals surface area contributed by atoms with Crippen LogP contribution in [0, 0.1) is 0 Å². The largest absolute Gasteiger partial charge is 0.497 e. The Hall–Kier alpha value is -1.22. The highest BCUT2D eigenvalue weighted by molar-refractivity contribution is 14.0. The molecule has 1 heterocycles. The molecule has 1 aromatic rings. The first kappa shape index (κ1) is 23.8. The molecule has 7 heteroatoms. The van der Waals surface area contributed by atoms with E-state index in [2.05, 4.69) is 46.5 Å². The quantitative estimate of drug-likeness (QED) is 0.241. The molecule has 1 atom stereocenters. The van der Waals surface area contributed by atoms with Gasteiger partial charge in [-0.2, -0.15) is 0 Å². The van der Waals surface area contributed by atoms with Crippen LogP contribution in [0.2, 0.25) is 0 Å². The standard InChI is InChI=1S/C20H34N4O2.HI/c1-5-7-9-22-20(21-6-2)23-17-8-10-24(15-17)14-16-11-18(25-3)13-19(12-16)26-4;/h11-13,17H,5-10,14-15H2,1-4H3,(H2,21,22,23);1H. The molecule has 1 aromatic carbocycles. The van der Waals surface area contributed by atoms with Crippen LogP contribution in [-0.4, -0.2) is 57.3 Å². The van der Waals surface area contributed by atoms with Gasteiger partial charge in [-0.3, -0.25) is 9.89 Å². The van der Waals surface area contributed by atoms with Crippen molar-refractivity contribution in [2.24, 2.45) is 4.99 Å². The SMILES string of the molecule is CCCCN=C(NCC)NC1CCN(Cc2cc(OC)cc(OC)c2)C1.I. The highest BCUT2D eigenvalue weighted by atomic mass is 127. The number of methoxy groups -OCH3 is 2. The predicted molar refractivity (Wildman–Crippen MR) is 123 cm³/mol. The predicted octanol–water partition coefficient (Wildman–Crippen LogP) is 3.25. The van der Waals surface area contributed by atoms with E-state index < -0.39 is 0 Å². The summed E-state index contributed by atoms with van der Waals surface area (Å²) in [4.78, 5) is 7.12. The Bertz CT molecular complexity index is 561. The van der Waals surface area contributed by atoms with Crippen LogP contribution < -0.4 is 20.1 Å². The first-order chi connectivity index (χ1) is 12.7. The van der Waals surface area contributed by atoms with Gasteiger partial charge in [0.25, 0.3) is 0 Å². The van der Waals surface area contributed by atoms with Crippen LogP contribution in [0.4, 0.5) is 0 Å². The smallest absolute Gasteiger partial charge is 0.191 e. The van der Waals surface area contributed by atoms with Gasteiger partial charge < -0.3 is 20.1 Å². The number of halogens is 1. The lowest BCUT2D eigenvalue weighted by Crippen LogP contribution is -2.44. The minimum absolute atomic E-state index is 0. The summed E-state index contributed by atoms with van der Waals surface area (Å²) in [5.74, 6) is 2.62. The lowest BCUT2D eigenvalue weighted by molar-refractivity contribution is 0.321. The Kier molecular flexibility index (Phi) is 11.5. The van der Waals surface area contributed by atoms with Gasteiger partial charge in [-0.15, -0.1) is 24.0 Å². The number of benzene rings is 1. The molecule has 0 radical (unpaired) electrons. The van der Waals surface area contributed by atoms with Crippen LogP contribution in [0.5, 0.6) is 11.5 Å². The molecule has 1 fully saturated rings. The number of aliphatic imine (C=N–C) groups is 1. The molecule has 0 spiro atoms. The van der Waals surface area contributed by atoms with Crippen LogP contribution in [0.1, 0.15) is 38.7 Å². The molecule has 0 aliphatic carbocycles. The highest BCUT2D eigenvalue weighted by Gasteiger charge is 2.23. The maximum atomic E-state index is 5.37. The topological polar surface area (TPSA) is 58.1 Å². The second-order valence-electron chi connectivity index (χ2n) is 6.70. The highest BCUT2D eigenvalue weighted by Crippen LogP contribution is 2.24. The number of nitrogens with one attached hydrogen (secondary N) is 2. The maximum absolute atomic E-state index is 5.37. The molecule has 0 amide bonds. The fraction of sp³-hybridized carbons (Fsp3) is 0.650. The van der Waals surface area contributed by atoms with Gasteiger partial charge in [-0.25, -0.2) is 0 Å². The summed E-state index contributed by atoms with van der Waals surface area (Å²) in [5.41, 5.74) is 1.21. The number of hydrogen-bond acceptors (Lipinski definition) is 4. The minimum Gasteiger partial charge on any atom is -0.497 e. The zero-order valence-corrected chi connectivity index (χ0v) is 19.4. The Balaban J connectivity index is 0.00000364. The van der Waals surface area contributed by atoms with Crippen LogP contribution in [0.15, 0.2) is 23.2 Å². The number of nitrogens with zero attached hydrogens (tertiary/aromatic N) is 2. The molecular formula is C20H35IN4O2. The summed E-state index contributed by atoms with van der Waals surface area (Å²) >= 11 is 0. The molecule has 0 aromatic heterocycles. The summed E-state index contributed by atoms with van der Waals surface area (Å²) in [5, 5.41) is 6.93. The monoisotopic (exact) mass is 490 g/mol. The van der Waals surface area contributed by atoms with E-state index in [0.717, 1.165) is 63.0 Å². The van der Waals surface area contributed by atoms with Crippen LogP contribution in [0.25, 0.3) is 0 Å². The van der Waals surface area contributed by atoms with E-state index in [1.54, 1.807) is 14.2 Å². The van der Waals surface area contributed by atoms with Crippen molar-refractivity contribution in [3.8, 4) is 11.5 Å². The van der Waals surface area contributed by atoms with Crippen molar-refractivity contribution in [1.82, 2.24) is 15.5 Å². The van der Waals surface area contributed by atoms with Gasteiger partial charge >= 0.3 is 0 Å².